The van der Waals surface area contributed by atoms with Crippen molar-refractivity contribution in [1.29, 1.82) is 0 Å². The van der Waals surface area contributed by atoms with E-state index in [-0.39, 0.29) is 18.6 Å². The lowest BCUT2D eigenvalue weighted by atomic mass is 10.1. The standard InChI is InChI=1S/C10H12F2O/c1-13-8-7-10(11,12)9-5-3-2-4-6-9/h2-6H,7-8H2,1H3. The molecule has 0 atom stereocenters. The molecule has 1 nitrogen and oxygen atoms in total. The van der Waals surface area contributed by atoms with E-state index < -0.39 is 5.92 Å². The predicted octanol–water partition coefficient (Wildman–Crippen LogP) is 2.81. The van der Waals surface area contributed by atoms with E-state index in [9.17, 15) is 8.78 Å². The van der Waals surface area contributed by atoms with Crippen molar-refractivity contribution in [3.8, 4) is 0 Å². The van der Waals surface area contributed by atoms with Crippen molar-refractivity contribution >= 4 is 0 Å². The van der Waals surface area contributed by atoms with Crippen molar-refractivity contribution in [2.24, 2.45) is 0 Å². The second-order valence-corrected chi connectivity index (χ2v) is 2.81. The summed E-state index contributed by atoms with van der Waals surface area (Å²) < 4.78 is 31.1. The Balaban J connectivity index is 2.69. The predicted molar refractivity (Wildman–Crippen MR) is 46.8 cm³/mol. The van der Waals surface area contributed by atoms with Crippen LogP contribution in [0.3, 0.4) is 0 Å². The van der Waals surface area contributed by atoms with Gasteiger partial charge < -0.3 is 4.74 Å². The first-order chi connectivity index (χ1) is 6.17. The van der Waals surface area contributed by atoms with Gasteiger partial charge in [0, 0.05) is 19.1 Å². The van der Waals surface area contributed by atoms with E-state index in [1.54, 1.807) is 18.2 Å². The first kappa shape index (κ1) is 10.1. The van der Waals surface area contributed by atoms with Crippen LogP contribution in [0.25, 0.3) is 0 Å². The van der Waals surface area contributed by atoms with E-state index in [4.69, 9.17) is 0 Å². The van der Waals surface area contributed by atoms with Gasteiger partial charge in [0.2, 0.25) is 0 Å². The van der Waals surface area contributed by atoms with Gasteiger partial charge in [0.25, 0.3) is 5.92 Å². The first-order valence-corrected chi connectivity index (χ1v) is 4.09. The highest BCUT2D eigenvalue weighted by atomic mass is 19.3. The number of rotatable bonds is 4. The highest BCUT2D eigenvalue weighted by Crippen LogP contribution is 2.30. The Morgan fingerprint density at radius 1 is 1.23 bits per heavy atom. The maximum atomic E-state index is 13.3. The molecule has 0 aliphatic carbocycles. The molecule has 1 aromatic carbocycles. The third-order valence-corrected chi connectivity index (χ3v) is 1.82. The lowest BCUT2D eigenvalue weighted by Gasteiger charge is -2.15. The average molecular weight is 186 g/mol. The fourth-order valence-corrected chi connectivity index (χ4v) is 1.06. The molecule has 0 fully saturated rings. The zero-order chi connectivity index (χ0) is 9.73. The molecule has 0 amide bonds. The van der Waals surface area contributed by atoms with E-state index in [2.05, 4.69) is 4.74 Å². The van der Waals surface area contributed by atoms with Gasteiger partial charge in [0.15, 0.2) is 0 Å². The molecule has 0 aliphatic heterocycles. The molecule has 1 aromatic rings. The average Bonchev–Trinajstić information content (AvgIpc) is 2.16. The van der Waals surface area contributed by atoms with Gasteiger partial charge in [-0.3, -0.25) is 0 Å². The zero-order valence-corrected chi connectivity index (χ0v) is 7.47. The quantitative estimate of drug-likeness (QED) is 0.702. The topological polar surface area (TPSA) is 9.23 Å². The number of halogens is 2. The van der Waals surface area contributed by atoms with Crippen molar-refractivity contribution in [2.75, 3.05) is 13.7 Å². The van der Waals surface area contributed by atoms with E-state index >= 15 is 0 Å². The monoisotopic (exact) mass is 186 g/mol. The maximum Gasteiger partial charge on any atom is 0.275 e. The molecule has 0 aliphatic rings. The minimum atomic E-state index is -2.78. The summed E-state index contributed by atoms with van der Waals surface area (Å²) in [6.07, 6.45) is -0.270. The number of hydrogen-bond acceptors (Lipinski definition) is 1. The van der Waals surface area contributed by atoms with Crippen LogP contribution in [0.4, 0.5) is 8.78 Å². The van der Waals surface area contributed by atoms with Crippen molar-refractivity contribution < 1.29 is 13.5 Å². The smallest absolute Gasteiger partial charge is 0.275 e. The maximum absolute atomic E-state index is 13.3. The molecule has 0 spiro atoms. The summed E-state index contributed by atoms with van der Waals surface area (Å²) in [5, 5.41) is 0. The van der Waals surface area contributed by atoms with Gasteiger partial charge in [-0.15, -0.1) is 0 Å². The second-order valence-electron chi connectivity index (χ2n) is 2.81. The van der Waals surface area contributed by atoms with Gasteiger partial charge in [-0.1, -0.05) is 30.3 Å². The largest absolute Gasteiger partial charge is 0.384 e. The van der Waals surface area contributed by atoms with E-state index in [1.165, 1.54) is 19.2 Å². The molecule has 0 aromatic heterocycles. The number of hydrogen-bond donors (Lipinski definition) is 0. The third-order valence-electron chi connectivity index (χ3n) is 1.82. The zero-order valence-electron chi connectivity index (χ0n) is 7.47. The Kier molecular flexibility index (Phi) is 3.37. The number of ether oxygens (including phenoxy) is 1. The van der Waals surface area contributed by atoms with Crippen LogP contribution >= 0.6 is 0 Å². The molecular weight excluding hydrogens is 174 g/mol. The molecule has 0 unspecified atom stereocenters. The van der Waals surface area contributed by atoms with Crippen LogP contribution in [0, 0.1) is 0 Å². The number of methoxy groups -OCH3 is 1. The molecule has 0 saturated carbocycles. The number of alkyl halides is 2. The minimum Gasteiger partial charge on any atom is -0.384 e. The van der Waals surface area contributed by atoms with Crippen LogP contribution in [0.1, 0.15) is 12.0 Å². The van der Waals surface area contributed by atoms with Crippen molar-refractivity contribution in [3.05, 3.63) is 35.9 Å². The van der Waals surface area contributed by atoms with Gasteiger partial charge in [0.1, 0.15) is 0 Å². The highest BCUT2D eigenvalue weighted by Gasteiger charge is 2.30. The molecule has 72 valence electrons. The van der Waals surface area contributed by atoms with Crippen LogP contribution in [-0.2, 0) is 10.7 Å². The molecule has 0 N–H and O–H groups in total. The molecule has 0 bridgehead atoms. The fourth-order valence-electron chi connectivity index (χ4n) is 1.06. The number of benzene rings is 1. The van der Waals surface area contributed by atoms with Crippen LogP contribution in [0.15, 0.2) is 30.3 Å². The Labute approximate surface area is 76.3 Å². The van der Waals surface area contributed by atoms with Gasteiger partial charge in [-0.2, -0.15) is 0 Å². The molecule has 1 rings (SSSR count). The summed E-state index contributed by atoms with van der Waals surface area (Å²) in [7, 11) is 1.42. The first-order valence-electron chi connectivity index (χ1n) is 4.09. The molecule has 0 saturated heterocycles. The lowest BCUT2D eigenvalue weighted by Crippen LogP contribution is -2.15. The van der Waals surface area contributed by atoms with Gasteiger partial charge in [-0.25, -0.2) is 8.78 Å². The van der Waals surface area contributed by atoms with Gasteiger partial charge >= 0.3 is 0 Å². The third kappa shape index (κ3) is 2.77. The Morgan fingerprint density at radius 3 is 2.38 bits per heavy atom. The summed E-state index contributed by atoms with van der Waals surface area (Å²) in [5.41, 5.74) is 0.0482. The van der Waals surface area contributed by atoms with Gasteiger partial charge in [-0.05, 0) is 0 Å². The Hall–Kier alpha value is -0.960. The molecule has 0 heterocycles. The normalized spacial score (nSPS) is 11.6. The summed E-state index contributed by atoms with van der Waals surface area (Å²) in [6, 6.07) is 7.79. The second kappa shape index (κ2) is 4.33. The van der Waals surface area contributed by atoms with E-state index in [0.29, 0.717) is 0 Å². The summed E-state index contributed by atoms with van der Waals surface area (Å²) >= 11 is 0. The van der Waals surface area contributed by atoms with Crippen LogP contribution in [0.5, 0.6) is 0 Å². The van der Waals surface area contributed by atoms with Crippen molar-refractivity contribution in [1.82, 2.24) is 0 Å². The van der Waals surface area contributed by atoms with Crippen molar-refractivity contribution in [2.45, 2.75) is 12.3 Å². The van der Waals surface area contributed by atoms with Crippen LogP contribution in [-0.4, -0.2) is 13.7 Å². The Bertz CT molecular complexity index is 246. The summed E-state index contributed by atoms with van der Waals surface area (Å²) in [4.78, 5) is 0. The lowest BCUT2D eigenvalue weighted by molar-refractivity contribution is -0.0325. The highest BCUT2D eigenvalue weighted by molar-refractivity contribution is 5.19. The molecule has 0 radical (unpaired) electrons. The summed E-state index contributed by atoms with van der Waals surface area (Å²) in [6.45, 7) is 0.0713. The van der Waals surface area contributed by atoms with E-state index in [0.717, 1.165) is 0 Å². The van der Waals surface area contributed by atoms with Gasteiger partial charge in [0.05, 0.1) is 6.61 Å². The SMILES string of the molecule is COCCC(F)(F)c1ccccc1. The van der Waals surface area contributed by atoms with Crippen molar-refractivity contribution in [3.63, 3.8) is 0 Å². The fraction of sp³-hybridized carbons (Fsp3) is 0.400. The minimum absolute atomic E-state index is 0.0482. The van der Waals surface area contributed by atoms with E-state index in [1.807, 2.05) is 0 Å². The molecule has 13 heavy (non-hydrogen) atoms. The Morgan fingerprint density at radius 2 is 1.85 bits per heavy atom. The van der Waals surface area contributed by atoms with Crippen LogP contribution in [0.2, 0.25) is 0 Å². The van der Waals surface area contributed by atoms with Crippen LogP contribution < -0.4 is 0 Å². The molecular formula is C10H12F2O. The summed E-state index contributed by atoms with van der Waals surface area (Å²) in [5.74, 6) is -2.78. The molecule has 3 heteroatoms.